The van der Waals surface area contributed by atoms with Crippen LogP contribution < -0.4 is 10.1 Å². The van der Waals surface area contributed by atoms with Crippen LogP contribution in [0.15, 0.2) is 36.4 Å². The maximum Gasteiger partial charge on any atom is 0.167 e. The van der Waals surface area contributed by atoms with Gasteiger partial charge in [0.15, 0.2) is 11.6 Å². The van der Waals surface area contributed by atoms with Crippen LogP contribution in [0.4, 0.5) is 20.2 Å². The number of nitrogens with zero attached hydrogens (tertiary/aromatic N) is 1. The summed E-state index contributed by atoms with van der Waals surface area (Å²) in [7, 11) is 1.38. The van der Waals surface area contributed by atoms with Gasteiger partial charge in [-0.15, -0.1) is 0 Å². The van der Waals surface area contributed by atoms with E-state index in [4.69, 9.17) is 10.00 Å². The summed E-state index contributed by atoms with van der Waals surface area (Å²) in [5.41, 5.74) is 0.856. The number of anilines is 2. The maximum absolute atomic E-state index is 13.5. The van der Waals surface area contributed by atoms with E-state index in [0.29, 0.717) is 11.4 Å². The Morgan fingerprint density at radius 1 is 1.05 bits per heavy atom. The van der Waals surface area contributed by atoms with Gasteiger partial charge in [-0.05, 0) is 30.3 Å². The third kappa shape index (κ3) is 2.80. The highest BCUT2D eigenvalue weighted by molar-refractivity contribution is 5.61. The highest BCUT2D eigenvalue weighted by atomic mass is 19.1. The van der Waals surface area contributed by atoms with Crippen molar-refractivity contribution in [3.8, 4) is 11.8 Å². The first-order chi connectivity index (χ1) is 9.13. The fourth-order valence-corrected chi connectivity index (χ4v) is 1.59. The molecule has 0 fully saturated rings. The molecule has 0 spiro atoms. The largest absolute Gasteiger partial charge is 0.494 e. The molecule has 96 valence electrons. The molecule has 0 unspecified atom stereocenters. The third-order valence-corrected chi connectivity index (χ3v) is 2.53. The SMILES string of the molecule is COc1ccc(Nc2ccc(C#N)c(F)c2)cc1F. The van der Waals surface area contributed by atoms with E-state index < -0.39 is 11.6 Å². The lowest BCUT2D eigenvalue weighted by atomic mass is 10.2. The number of rotatable bonds is 3. The predicted octanol–water partition coefficient (Wildman–Crippen LogP) is 3.59. The van der Waals surface area contributed by atoms with E-state index in [1.54, 1.807) is 18.2 Å². The van der Waals surface area contributed by atoms with Crippen LogP contribution in [0.3, 0.4) is 0 Å². The Labute approximate surface area is 109 Å². The molecule has 0 aliphatic carbocycles. The van der Waals surface area contributed by atoms with Crippen molar-refractivity contribution in [1.82, 2.24) is 0 Å². The number of halogens is 2. The fourth-order valence-electron chi connectivity index (χ4n) is 1.59. The van der Waals surface area contributed by atoms with Gasteiger partial charge in [0.05, 0.1) is 12.7 Å². The number of nitriles is 1. The van der Waals surface area contributed by atoms with E-state index in [1.165, 1.54) is 31.4 Å². The minimum Gasteiger partial charge on any atom is -0.494 e. The third-order valence-electron chi connectivity index (χ3n) is 2.53. The van der Waals surface area contributed by atoms with Gasteiger partial charge in [0, 0.05) is 17.4 Å². The standard InChI is InChI=1S/C14H10F2N2O/c1-19-14-5-4-11(7-13(14)16)18-10-3-2-9(8-17)12(15)6-10/h2-7,18H,1H3. The minimum atomic E-state index is -0.624. The molecule has 2 rings (SSSR count). The number of benzene rings is 2. The molecule has 0 amide bonds. The Morgan fingerprint density at radius 2 is 1.68 bits per heavy atom. The summed E-state index contributed by atoms with van der Waals surface area (Å²) < 4.78 is 31.7. The molecule has 0 bridgehead atoms. The predicted molar refractivity (Wildman–Crippen MR) is 67.3 cm³/mol. The molecule has 2 aromatic carbocycles. The van der Waals surface area contributed by atoms with Crippen molar-refractivity contribution in [2.24, 2.45) is 0 Å². The number of ether oxygens (including phenoxy) is 1. The minimum absolute atomic E-state index is 0.0357. The Kier molecular flexibility index (Phi) is 3.62. The molecule has 2 aromatic rings. The monoisotopic (exact) mass is 260 g/mol. The Bertz CT molecular complexity index is 650. The van der Waals surface area contributed by atoms with Crippen molar-refractivity contribution in [3.05, 3.63) is 53.6 Å². The van der Waals surface area contributed by atoms with Crippen LogP contribution in [-0.2, 0) is 0 Å². The first kappa shape index (κ1) is 12.8. The van der Waals surface area contributed by atoms with Gasteiger partial charge < -0.3 is 10.1 Å². The molecule has 0 aliphatic rings. The van der Waals surface area contributed by atoms with Crippen LogP contribution in [0.1, 0.15) is 5.56 Å². The van der Waals surface area contributed by atoms with Gasteiger partial charge in [-0.25, -0.2) is 8.78 Å². The second-order valence-corrected chi connectivity index (χ2v) is 3.78. The highest BCUT2D eigenvalue weighted by Crippen LogP contribution is 2.24. The van der Waals surface area contributed by atoms with Crippen molar-refractivity contribution < 1.29 is 13.5 Å². The highest BCUT2D eigenvalue weighted by Gasteiger charge is 2.06. The molecule has 0 atom stereocenters. The van der Waals surface area contributed by atoms with E-state index in [9.17, 15) is 8.78 Å². The topological polar surface area (TPSA) is 45.0 Å². The van der Waals surface area contributed by atoms with E-state index in [1.807, 2.05) is 0 Å². The average Bonchev–Trinajstić information content (AvgIpc) is 2.39. The molecular formula is C14H10F2N2O. The zero-order valence-corrected chi connectivity index (χ0v) is 10.1. The number of nitrogens with one attached hydrogen (secondary N) is 1. The lowest BCUT2D eigenvalue weighted by molar-refractivity contribution is 0.386. The van der Waals surface area contributed by atoms with Crippen molar-refractivity contribution in [3.63, 3.8) is 0 Å². The van der Waals surface area contributed by atoms with Gasteiger partial charge in [-0.3, -0.25) is 0 Å². The normalized spacial score (nSPS) is 9.79. The van der Waals surface area contributed by atoms with E-state index >= 15 is 0 Å². The molecule has 0 saturated carbocycles. The Balaban J connectivity index is 2.24. The summed E-state index contributed by atoms with van der Waals surface area (Å²) >= 11 is 0. The summed E-state index contributed by atoms with van der Waals surface area (Å²) in [5, 5.41) is 11.5. The fraction of sp³-hybridized carbons (Fsp3) is 0.0714. The van der Waals surface area contributed by atoms with Gasteiger partial charge in [0.2, 0.25) is 0 Å². The summed E-state index contributed by atoms with van der Waals surface area (Å²) in [6.07, 6.45) is 0. The van der Waals surface area contributed by atoms with Gasteiger partial charge in [-0.2, -0.15) is 5.26 Å². The van der Waals surface area contributed by atoms with E-state index in [-0.39, 0.29) is 11.3 Å². The average molecular weight is 260 g/mol. The molecule has 1 N–H and O–H groups in total. The van der Waals surface area contributed by atoms with E-state index in [0.717, 1.165) is 0 Å². The van der Waals surface area contributed by atoms with Crippen LogP contribution in [0.25, 0.3) is 0 Å². The molecule has 0 aliphatic heterocycles. The van der Waals surface area contributed by atoms with Crippen LogP contribution in [0.2, 0.25) is 0 Å². The zero-order chi connectivity index (χ0) is 13.8. The molecule has 3 nitrogen and oxygen atoms in total. The van der Waals surface area contributed by atoms with E-state index in [2.05, 4.69) is 5.32 Å². The second kappa shape index (κ2) is 5.36. The van der Waals surface area contributed by atoms with Crippen molar-refractivity contribution >= 4 is 11.4 Å². The summed E-state index contributed by atoms with van der Waals surface area (Å²) in [6, 6.07) is 10.1. The van der Waals surface area contributed by atoms with Crippen LogP contribution >= 0.6 is 0 Å². The van der Waals surface area contributed by atoms with Crippen molar-refractivity contribution in [2.45, 2.75) is 0 Å². The maximum atomic E-state index is 13.5. The smallest absolute Gasteiger partial charge is 0.167 e. The Hall–Kier alpha value is -2.61. The van der Waals surface area contributed by atoms with Crippen LogP contribution in [0.5, 0.6) is 5.75 Å². The van der Waals surface area contributed by atoms with Crippen LogP contribution in [-0.4, -0.2) is 7.11 Å². The number of methoxy groups -OCH3 is 1. The summed E-state index contributed by atoms with van der Waals surface area (Å²) in [4.78, 5) is 0. The van der Waals surface area contributed by atoms with Crippen LogP contribution in [0, 0.1) is 23.0 Å². The van der Waals surface area contributed by atoms with Gasteiger partial charge >= 0.3 is 0 Å². The van der Waals surface area contributed by atoms with Gasteiger partial charge in [0.25, 0.3) is 0 Å². The first-order valence-corrected chi connectivity index (χ1v) is 5.44. The second-order valence-electron chi connectivity index (χ2n) is 3.78. The Morgan fingerprint density at radius 3 is 2.21 bits per heavy atom. The summed E-state index contributed by atoms with van der Waals surface area (Å²) in [5.74, 6) is -1.00. The molecule has 19 heavy (non-hydrogen) atoms. The van der Waals surface area contributed by atoms with Crippen molar-refractivity contribution in [1.29, 1.82) is 5.26 Å². The number of hydrogen-bond acceptors (Lipinski definition) is 3. The zero-order valence-electron chi connectivity index (χ0n) is 10.1. The molecule has 0 saturated heterocycles. The molecule has 5 heteroatoms. The first-order valence-electron chi connectivity index (χ1n) is 5.44. The molecule has 0 aromatic heterocycles. The van der Waals surface area contributed by atoms with Gasteiger partial charge in [-0.1, -0.05) is 0 Å². The quantitative estimate of drug-likeness (QED) is 0.917. The molecule has 0 radical (unpaired) electrons. The lowest BCUT2D eigenvalue weighted by Gasteiger charge is -2.08. The lowest BCUT2D eigenvalue weighted by Crippen LogP contribution is -1.94. The molecular weight excluding hydrogens is 250 g/mol. The van der Waals surface area contributed by atoms with Gasteiger partial charge in [0.1, 0.15) is 11.9 Å². The summed E-state index contributed by atoms with van der Waals surface area (Å²) in [6.45, 7) is 0. The van der Waals surface area contributed by atoms with Crippen molar-refractivity contribution in [2.75, 3.05) is 12.4 Å². The number of hydrogen-bond donors (Lipinski definition) is 1. The molecule has 0 heterocycles.